The maximum atomic E-state index is 12.8. The molecule has 4 rings (SSSR count). The summed E-state index contributed by atoms with van der Waals surface area (Å²) < 4.78 is 0. The van der Waals surface area contributed by atoms with Crippen molar-refractivity contribution in [1.82, 2.24) is 19.9 Å². The number of carbonyl (C=O) groups is 1. The van der Waals surface area contributed by atoms with E-state index in [9.17, 15) is 9.90 Å². The zero-order chi connectivity index (χ0) is 18.1. The Balaban J connectivity index is 1.37. The molecule has 3 heterocycles. The average molecular weight is 357 g/mol. The summed E-state index contributed by atoms with van der Waals surface area (Å²) >= 11 is 0. The Labute approximate surface area is 153 Å². The Kier molecular flexibility index (Phi) is 4.80. The molecule has 1 saturated carbocycles. The molecule has 1 aliphatic heterocycles. The molecule has 2 aromatic rings. The van der Waals surface area contributed by atoms with E-state index in [1.807, 2.05) is 17.2 Å². The third kappa shape index (κ3) is 3.28. The quantitative estimate of drug-likeness (QED) is 0.877. The summed E-state index contributed by atoms with van der Waals surface area (Å²) in [4.78, 5) is 28.9. The molecule has 26 heavy (non-hydrogen) atoms. The molecule has 0 spiro atoms. The van der Waals surface area contributed by atoms with Gasteiger partial charge in [0.25, 0.3) is 0 Å². The molecule has 1 saturated heterocycles. The van der Waals surface area contributed by atoms with E-state index in [0.717, 1.165) is 68.5 Å². The van der Waals surface area contributed by atoms with Crippen LogP contribution in [0.3, 0.4) is 0 Å². The number of fused-ring (bicyclic) bond motifs is 1. The SMILES string of the molecule is CN(c1ncnc2[nH]ccc12)C1CCN(C(=O)C2CCC(O)CC2)CC1. The zero-order valence-corrected chi connectivity index (χ0v) is 15.3. The number of hydrogen-bond donors (Lipinski definition) is 2. The van der Waals surface area contributed by atoms with Crippen LogP contribution in [0, 0.1) is 5.92 Å². The molecule has 0 atom stereocenters. The number of piperidine rings is 1. The highest BCUT2D eigenvalue weighted by Crippen LogP contribution is 2.29. The number of hydrogen-bond acceptors (Lipinski definition) is 5. The van der Waals surface area contributed by atoms with Gasteiger partial charge in [-0.2, -0.15) is 0 Å². The van der Waals surface area contributed by atoms with Gasteiger partial charge in [0.15, 0.2) is 0 Å². The molecular formula is C19H27N5O2. The second kappa shape index (κ2) is 7.23. The fourth-order valence-electron chi connectivity index (χ4n) is 4.37. The first-order valence-corrected chi connectivity index (χ1v) is 9.61. The molecule has 140 valence electrons. The van der Waals surface area contributed by atoms with Crippen LogP contribution in [-0.2, 0) is 4.79 Å². The Morgan fingerprint density at radius 1 is 1.19 bits per heavy atom. The lowest BCUT2D eigenvalue weighted by molar-refractivity contribution is -0.138. The summed E-state index contributed by atoms with van der Waals surface area (Å²) in [5.41, 5.74) is 0.856. The molecule has 2 N–H and O–H groups in total. The molecule has 0 aromatic carbocycles. The first-order chi connectivity index (χ1) is 12.6. The zero-order valence-electron chi connectivity index (χ0n) is 15.3. The standard InChI is InChI=1S/C19H27N5O2/c1-23(18-16-6-9-20-17(16)21-12-22-18)14-7-10-24(11-8-14)19(26)13-2-4-15(25)5-3-13/h6,9,12-15,25H,2-5,7-8,10-11H2,1H3,(H,20,21,22). The second-order valence-electron chi connectivity index (χ2n) is 7.61. The maximum Gasteiger partial charge on any atom is 0.225 e. The van der Waals surface area contributed by atoms with Crippen molar-refractivity contribution in [3.8, 4) is 0 Å². The first-order valence-electron chi connectivity index (χ1n) is 9.61. The van der Waals surface area contributed by atoms with Crippen LogP contribution in [0.15, 0.2) is 18.6 Å². The number of aromatic nitrogens is 3. The van der Waals surface area contributed by atoms with E-state index in [1.165, 1.54) is 0 Å². The first kappa shape index (κ1) is 17.3. The number of aliphatic hydroxyl groups excluding tert-OH is 1. The van der Waals surface area contributed by atoms with E-state index < -0.39 is 0 Å². The van der Waals surface area contributed by atoms with Gasteiger partial charge in [-0.3, -0.25) is 4.79 Å². The van der Waals surface area contributed by atoms with Gasteiger partial charge in [0, 0.05) is 38.3 Å². The van der Waals surface area contributed by atoms with Crippen LogP contribution in [0.25, 0.3) is 11.0 Å². The van der Waals surface area contributed by atoms with Crippen molar-refractivity contribution in [2.75, 3.05) is 25.0 Å². The van der Waals surface area contributed by atoms with Gasteiger partial charge in [-0.25, -0.2) is 9.97 Å². The lowest BCUT2D eigenvalue weighted by Crippen LogP contribution is -2.48. The number of rotatable bonds is 3. The van der Waals surface area contributed by atoms with Crippen LogP contribution in [0.1, 0.15) is 38.5 Å². The van der Waals surface area contributed by atoms with Crippen LogP contribution in [0.4, 0.5) is 5.82 Å². The Morgan fingerprint density at radius 2 is 1.92 bits per heavy atom. The number of nitrogens with one attached hydrogen (secondary N) is 1. The topological polar surface area (TPSA) is 85.4 Å². The van der Waals surface area contributed by atoms with Crippen LogP contribution < -0.4 is 4.90 Å². The van der Waals surface area contributed by atoms with Crippen molar-refractivity contribution in [1.29, 1.82) is 0 Å². The van der Waals surface area contributed by atoms with Gasteiger partial charge in [0.05, 0.1) is 11.5 Å². The number of aromatic amines is 1. The predicted octanol–water partition coefficient (Wildman–Crippen LogP) is 1.94. The molecule has 2 aromatic heterocycles. The third-order valence-corrected chi connectivity index (χ3v) is 6.04. The maximum absolute atomic E-state index is 12.8. The highest BCUT2D eigenvalue weighted by Gasteiger charge is 2.32. The monoisotopic (exact) mass is 357 g/mol. The number of carbonyl (C=O) groups excluding carboxylic acids is 1. The molecule has 0 bridgehead atoms. The van der Waals surface area contributed by atoms with Crippen molar-refractivity contribution < 1.29 is 9.90 Å². The number of anilines is 1. The van der Waals surface area contributed by atoms with E-state index in [0.29, 0.717) is 6.04 Å². The molecule has 1 aliphatic carbocycles. The minimum atomic E-state index is -0.212. The summed E-state index contributed by atoms with van der Waals surface area (Å²) in [6.07, 6.45) is 8.35. The van der Waals surface area contributed by atoms with E-state index in [2.05, 4.69) is 26.9 Å². The number of H-pyrrole nitrogens is 1. The minimum Gasteiger partial charge on any atom is -0.393 e. The molecule has 0 radical (unpaired) electrons. The van der Waals surface area contributed by atoms with Crippen LogP contribution >= 0.6 is 0 Å². The van der Waals surface area contributed by atoms with Crippen molar-refractivity contribution in [3.63, 3.8) is 0 Å². The average Bonchev–Trinajstić information content (AvgIpc) is 3.16. The van der Waals surface area contributed by atoms with Crippen LogP contribution in [0.5, 0.6) is 0 Å². The normalized spacial score (nSPS) is 24.8. The fraction of sp³-hybridized carbons (Fsp3) is 0.632. The highest BCUT2D eigenvalue weighted by atomic mass is 16.3. The molecule has 2 aliphatic rings. The Hall–Kier alpha value is -2.15. The van der Waals surface area contributed by atoms with Crippen LogP contribution in [-0.4, -0.2) is 63.1 Å². The van der Waals surface area contributed by atoms with Crippen molar-refractivity contribution in [2.45, 2.75) is 50.7 Å². The van der Waals surface area contributed by atoms with Gasteiger partial charge >= 0.3 is 0 Å². The summed E-state index contributed by atoms with van der Waals surface area (Å²) in [5, 5.41) is 10.7. The fourth-order valence-corrected chi connectivity index (χ4v) is 4.37. The molecule has 7 heteroatoms. The molecule has 1 amide bonds. The molecular weight excluding hydrogens is 330 g/mol. The largest absolute Gasteiger partial charge is 0.393 e. The summed E-state index contributed by atoms with van der Waals surface area (Å²) in [6, 6.07) is 2.39. The Bertz CT molecular complexity index is 760. The number of nitrogens with zero attached hydrogens (tertiary/aromatic N) is 4. The predicted molar refractivity (Wildman–Crippen MR) is 99.9 cm³/mol. The third-order valence-electron chi connectivity index (χ3n) is 6.04. The van der Waals surface area contributed by atoms with E-state index >= 15 is 0 Å². The van der Waals surface area contributed by atoms with Crippen molar-refractivity contribution in [3.05, 3.63) is 18.6 Å². The lowest BCUT2D eigenvalue weighted by Gasteiger charge is -2.39. The Morgan fingerprint density at radius 3 is 2.65 bits per heavy atom. The molecule has 7 nitrogen and oxygen atoms in total. The second-order valence-corrected chi connectivity index (χ2v) is 7.61. The smallest absolute Gasteiger partial charge is 0.225 e. The van der Waals surface area contributed by atoms with Gasteiger partial charge in [-0.1, -0.05) is 0 Å². The van der Waals surface area contributed by atoms with Gasteiger partial charge in [0.1, 0.15) is 17.8 Å². The summed E-state index contributed by atoms with van der Waals surface area (Å²) in [6.45, 7) is 1.60. The van der Waals surface area contributed by atoms with Gasteiger partial charge in [-0.05, 0) is 44.6 Å². The van der Waals surface area contributed by atoms with Crippen molar-refractivity contribution >= 4 is 22.8 Å². The van der Waals surface area contributed by atoms with Crippen LogP contribution in [0.2, 0.25) is 0 Å². The number of aliphatic hydroxyl groups is 1. The summed E-state index contributed by atoms with van der Waals surface area (Å²) in [7, 11) is 2.08. The van der Waals surface area contributed by atoms with E-state index in [-0.39, 0.29) is 17.9 Å². The number of likely N-dealkylation sites (tertiary alicyclic amines) is 1. The summed E-state index contributed by atoms with van der Waals surface area (Å²) in [5.74, 6) is 1.34. The minimum absolute atomic E-state index is 0.106. The molecule has 0 unspecified atom stereocenters. The van der Waals surface area contributed by atoms with Gasteiger partial charge in [-0.15, -0.1) is 0 Å². The van der Waals surface area contributed by atoms with Crippen molar-refractivity contribution in [2.24, 2.45) is 5.92 Å². The van der Waals surface area contributed by atoms with Gasteiger partial charge in [0.2, 0.25) is 5.91 Å². The number of amides is 1. The molecule has 2 fully saturated rings. The highest BCUT2D eigenvalue weighted by molar-refractivity contribution is 5.87. The van der Waals surface area contributed by atoms with E-state index in [4.69, 9.17) is 0 Å². The van der Waals surface area contributed by atoms with E-state index in [1.54, 1.807) is 6.33 Å². The van der Waals surface area contributed by atoms with Gasteiger partial charge < -0.3 is 19.9 Å². The lowest BCUT2D eigenvalue weighted by atomic mass is 9.86.